The van der Waals surface area contributed by atoms with Crippen molar-refractivity contribution in [1.82, 2.24) is 13.9 Å². The largest absolute Gasteiger partial charge is 0.469 e. The zero-order valence-corrected chi connectivity index (χ0v) is 15.1. The van der Waals surface area contributed by atoms with E-state index >= 15 is 0 Å². The molecule has 0 amide bonds. The smallest absolute Gasteiger partial charge is 0.308 e. The van der Waals surface area contributed by atoms with Gasteiger partial charge in [0.25, 0.3) is 10.2 Å². The van der Waals surface area contributed by atoms with Gasteiger partial charge in [0.05, 0.1) is 25.3 Å². The summed E-state index contributed by atoms with van der Waals surface area (Å²) in [7, 11) is 1.48. The van der Waals surface area contributed by atoms with Crippen molar-refractivity contribution in [2.45, 2.75) is 18.9 Å². The topological polar surface area (TPSA) is 92.1 Å². The molecule has 1 fully saturated rings. The molecule has 2 heterocycles. The van der Waals surface area contributed by atoms with Gasteiger partial charge in [-0.15, -0.1) is 0 Å². The number of piperidine rings is 1. The Kier molecular flexibility index (Phi) is 6.39. The minimum Gasteiger partial charge on any atom is -0.469 e. The zero-order chi connectivity index (χ0) is 17.7. The van der Waals surface area contributed by atoms with Crippen molar-refractivity contribution in [1.29, 1.82) is 0 Å². The third-order valence-electron chi connectivity index (χ3n) is 4.28. The zero-order valence-electron chi connectivity index (χ0n) is 14.3. The van der Waals surface area contributed by atoms with Gasteiger partial charge in [-0.2, -0.15) is 12.7 Å². The molecule has 1 aromatic heterocycles. The van der Waals surface area contributed by atoms with Crippen molar-refractivity contribution >= 4 is 16.2 Å². The summed E-state index contributed by atoms with van der Waals surface area (Å²) in [6.07, 6.45) is 2.52. The molecule has 1 aliphatic rings. The van der Waals surface area contributed by atoms with E-state index in [-0.39, 0.29) is 24.5 Å². The molecule has 0 bridgehead atoms. The first-order valence-corrected chi connectivity index (χ1v) is 9.31. The number of nitrogens with zero attached hydrogens (tertiary/aromatic N) is 2. The second-order valence-corrected chi connectivity index (χ2v) is 7.80. The summed E-state index contributed by atoms with van der Waals surface area (Å²) >= 11 is 0. The number of nitrogens with one attached hydrogen (secondary N) is 1. The fourth-order valence-corrected chi connectivity index (χ4v) is 4.04. The Hall–Kier alpha value is -1.42. The minimum absolute atomic E-state index is 0.192. The predicted octanol–water partition coefficient (Wildman–Crippen LogP) is 0.602. The monoisotopic (exact) mass is 359 g/mol. The average Bonchev–Trinajstić information content (AvgIpc) is 3.08. The van der Waals surface area contributed by atoms with Gasteiger partial charge < -0.3 is 9.15 Å². The summed E-state index contributed by atoms with van der Waals surface area (Å²) in [4.78, 5) is 13.4. The third kappa shape index (κ3) is 4.56. The van der Waals surface area contributed by atoms with Gasteiger partial charge >= 0.3 is 5.97 Å². The van der Waals surface area contributed by atoms with Crippen LogP contribution < -0.4 is 4.72 Å². The maximum absolute atomic E-state index is 12.5. The van der Waals surface area contributed by atoms with Gasteiger partial charge in [0.1, 0.15) is 5.76 Å². The van der Waals surface area contributed by atoms with Gasteiger partial charge in [0.15, 0.2) is 0 Å². The first-order chi connectivity index (χ1) is 11.3. The molecule has 0 unspecified atom stereocenters. The lowest BCUT2D eigenvalue weighted by Gasteiger charge is -2.31. The Morgan fingerprint density at radius 3 is 2.62 bits per heavy atom. The predicted molar refractivity (Wildman–Crippen MR) is 88.4 cm³/mol. The molecule has 1 aromatic rings. The van der Waals surface area contributed by atoms with Gasteiger partial charge in [-0.1, -0.05) is 0 Å². The molecule has 1 aliphatic heterocycles. The lowest BCUT2D eigenvalue weighted by Crippen LogP contribution is -2.47. The van der Waals surface area contributed by atoms with E-state index in [2.05, 4.69) is 4.72 Å². The van der Waals surface area contributed by atoms with E-state index in [9.17, 15) is 13.2 Å². The molecule has 2 rings (SSSR count). The lowest BCUT2D eigenvalue weighted by atomic mass is 9.99. The molecule has 0 aromatic carbocycles. The Morgan fingerprint density at radius 1 is 1.46 bits per heavy atom. The van der Waals surface area contributed by atoms with Crippen molar-refractivity contribution < 1.29 is 22.4 Å². The number of methoxy groups -OCH3 is 1. The fraction of sp³-hybridized carbons (Fsp3) is 0.667. The van der Waals surface area contributed by atoms with Gasteiger partial charge in [0, 0.05) is 19.6 Å². The van der Waals surface area contributed by atoms with E-state index in [0.717, 1.165) is 0 Å². The molecular formula is C15H25N3O5S. The maximum atomic E-state index is 12.5. The first kappa shape index (κ1) is 18.9. The van der Waals surface area contributed by atoms with E-state index in [1.807, 2.05) is 25.1 Å². The van der Waals surface area contributed by atoms with Crippen LogP contribution in [0.15, 0.2) is 22.8 Å². The van der Waals surface area contributed by atoms with E-state index in [1.54, 1.807) is 12.3 Å². The van der Waals surface area contributed by atoms with Crippen LogP contribution in [0.4, 0.5) is 0 Å². The van der Waals surface area contributed by atoms with Crippen LogP contribution in [-0.4, -0.2) is 64.4 Å². The lowest BCUT2D eigenvalue weighted by molar-refractivity contribution is -0.146. The number of ether oxygens (including phenoxy) is 1. The van der Waals surface area contributed by atoms with Gasteiger partial charge in [-0.05, 0) is 39.1 Å². The highest BCUT2D eigenvalue weighted by Gasteiger charge is 2.32. The quantitative estimate of drug-likeness (QED) is 0.717. The van der Waals surface area contributed by atoms with E-state index < -0.39 is 10.2 Å². The minimum atomic E-state index is -3.60. The highest BCUT2D eigenvalue weighted by molar-refractivity contribution is 7.87. The number of rotatable bonds is 7. The van der Waals surface area contributed by atoms with Crippen LogP contribution in [0.1, 0.15) is 24.6 Å². The molecule has 24 heavy (non-hydrogen) atoms. The van der Waals surface area contributed by atoms with E-state index in [1.165, 1.54) is 11.4 Å². The van der Waals surface area contributed by atoms with Gasteiger partial charge in [-0.3, -0.25) is 9.69 Å². The van der Waals surface area contributed by atoms with E-state index in [4.69, 9.17) is 9.15 Å². The maximum Gasteiger partial charge on any atom is 0.308 e. The SMILES string of the molecule is COC(=O)C1CCN(S(=O)(=O)NC[C@H](c2ccco2)N(C)C)CC1. The summed E-state index contributed by atoms with van der Waals surface area (Å²) < 4.78 is 39.1. The summed E-state index contributed by atoms with van der Waals surface area (Å²) in [5.74, 6) is 0.205. The summed E-state index contributed by atoms with van der Waals surface area (Å²) in [6.45, 7) is 0.824. The van der Waals surface area contributed by atoms with Gasteiger partial charge in [0.2, 0.25) is 0 Å². The molecule has 1 atom stereocenters. The second-order valence-electron chi connectivity index (χ2n) is 6.04. The van der Waals surface area contributed by atoms with Crippen LogP contribution in [0.25, 0.3) is 0 Å². The highest BCUT2D eigenvalue weighted by Crippen LogP contribution is 2.21. The number of likely N-dealkylation sites (N-methyl/N-ethyl adjacent to an activating group) is 1. The fourth-order valence-electron chi connectivity index (χ4n) is 2.79. The molecule has 8 nitrogen and oxygen atoms in total. The molecule has 1 N–H and O–H groups in total. The number of furan rings is 1. The normalized spacial score (nSPS) is 18.7. The van der Waals surface area contributed by atoms with Crippen molar-refractivity contribution in [2.24, 2.45) is 5.92 Å². The van der Waals surface area contributed by atoms with Gasteiger partial charge in [-0.25, -0.2) is 4.72 Å². The van der Waals surface area contributed by atoms with Crippen LogP contribution in [0.2, 0.25) is 0 Å². The average molecular weight is 359 g/mol. The molecule has 0 saturated carbocycles. The van der Waals surface area contributed by atoms with Crippen molar-refractivity contribution in [3.8, 4) is 0 Å². The molecular weight excluding hydrogens is 334 g/mol. The molecule has 0 spiro atoms. The Bertz CT molecular complexity index is 622. The molecule has 0 aliphatic carbocycles. The highest BCUT2D eigenvalue weighted by atomic mass is 32.2. The van der Waals surface area contributed by atoms with Crippen molar-refractivity contribution in [3.63, 3.8) is 0 Å². The van der Waals surface area contributed by atoms with Crippen LogP contribution in [0.3, 0.4) is 0 Å². The Labute approximate surface area is 142 Å². The van der Waals surface area contributed by atoms with Crippen LogP contribution in [0, 0.1) is 5.92 Å². The van der Waals surface area contributed by atoms with Crippen LogP contribution in [-0.2, 0) is 19.7 Å². The molecule has 136 valence electrons. The summed E-state index contributed by atoms with van der Waals surface area (Å²) in [6, 6.07) is 3.40. The number of carbonyl (C=O) groups is 1. The third-order valence-corrected chi connectivity index (χ3v) is 5.86. The van der Waals surface area contributed by atoms with Crippen molar-refractivity contribution in [3.05, 3.63) is 24.2 Å². The Morgan fingerprint density at radius 2 is 2.12 bits per heavy atom. The number of esters is 1. The summed E-state index contributed by atoms with van der Waals surface area (Å²) in [5, 5.41) is 0. The first-order valence-electron chi connectivity index (χ1n) is 7.87. The number of hydrogen-bond donors (Lipinski definition) is 1. The summed E-state index contributed by atoms with van der Waals surface area (Å²) in [5.41, 5.74) is 0. The number of carbonyl (C=O) groups excluding carboxylic acids is 1. The molecule has 0 radical (unpaired) electrons. The standard InChI is InChI=1S/C15H25N3O5S/c1-17(2)13(14-5-4-10-23-14)11-16-24(20,21)18-8-6-12(7-9-18)15(19)22-3/h4-5,10,12-13,16H,6-9,11H2,1-3H3/t13-/m1/s1. The van der Waals surface area contributed by atoms with E-state index in [0.29, 0.717) is 31.7 Å². The van der Waals surface area contributed by atoms with Crippen LogP contribution >= 0.6 is 0 Å². The second kappa shape index (κ2) is 8.11. The van der Waals surface area contributed by atoms with Crippen molar-refractivity contribution in [2.75, 3.05) is 40.8 Å². The number of hydrogen-bond acceptors (Lipinski definition) is 6. The Balaban J connectivity index is 1.93. The van der Waals surface area contributed by atoms with Crippen LogP contribution in [0.5, 0.6) is 0 Å². The molecule has 9 heteroatoms. The molecule has 1 saturated heterocycles.